The van der Waals surface area contributed by atoms with Crippen LogP contribution in [0.4, 0.5) is 0 Å². The van der Waals surface area contributed by atoms with Gasteiger partial charge in [0.15, 0.2) is 11.5 Å². The molecule has 0 aliphatic rings. The summed E-state index contributed by atoms with van der Waals surface area (Å²) < 4.78 is 6.51. The highest BCUT2D eigenvalue weighted by atomic mass is 79.9. The third kappa shape index (κ3) is 3.34. The lowest BCUT2D eigenvalue weighted by atomic mass is 10.2. The summed E-state index contributed by atoms with van der Waals surface area (Å²) in [6.45, 7) is 2.17. The molecule has 0 aliphatic heterocycles. The number of phenolic OH excluding ortho intramolecular Hbond substituents is 1. The monoisotopic (exact) mass is 403 g/mol. The number of hydrogen-bond acceptors (Lipinski definition) is 5. The number of aromatic nitrogens is 2. The Kier molecular flexibility index (Phi) is 4.71. The molecule has 1 aromatic heterocycles. The van der Waals surface area contributed by atoms with E-state index in [-0.39, 0.29) is 11.5 Å². The molecular weight excluding hydrogens is 390 g/mol. The Morgan fingerprint density at radius 3 is 2.84 bits per heavy atom. The first-order valence-corrected chi connectivity index (χ1v) is 8.24. The molecule has 0 bridgehead atoms. The van der Waals surface area contributed by atoms with E-state index >= 15 is 0 Å². The van der Waals surface area contributed by atoms with Crippen LogP contribution in [0.2, 0.25) is 0 Å². The van der Waals surface area contributed by atoms with Gasteiger partial charge in [-0.2, -0.15) is 5.10 Å². The van der Waals surface area contributed by atoms with Crippen molar-refractivity contribution in [3.05, 3.63) is 67.3 Å². The third-order valence-electron chi connectivity index (χ3n) is 3.46. The Morgan fingerprint density at radius 2 is 2.08 bits per heavy atom. The number of ether oxygens (including phenoxy) is 1. The average molecular weight is 404 g/mol. The van der Waals surface area contributed by atoms with Crippen LogP contribution in [-0.4, -0.2) is 27.6 Å². The molecule has 0 atom stereocenters. The maximum Gasteiger partial charge on any atom is 0.349 e. The Bertz CT molecular complexity index is 1090. The summed E-state index contributed by atoms with van der Waals surface area (Å²) in [7, 11) is 0. The first kappa shape index (κ1) is 17.0. The predicted molar refractivity (Wildman–Crippen MR) is 98.8 cm³/mol. The molecule has 0 saturated heterocycles. The minimum Gasteiger partial charge on any atom is -0.503 e. The van der Waals surface area contributed by atoms with Gasteiger partial charge in [-0.1, -0.05) is 12.1 Å². The second-order valence-electron chi connectivity index (χ2n) is 5.12. The van der Waals surface area contributed by atoms with Gasteiger partial charge in [0.05, 0.1) is 28.2 Å². The molecule has 128 valence electrons. The number of halogens is 1. The molecule has 2 aromatic carbocycles. The van der Waals surface area contributed by atoms with E-state index < -0.39 is 11.2 Å². The summed E-state index contributed by atoms with van der Waals surface area (Å²) in [4.78, 5) is 27.1. The first-order valence-electron chi connectivity index (χ1n) is 7.45. The van der Waals surface area contributed by atoms with Gasteiger partial charge < -0.3 is 14.8 Å². The number of hydrogen-bond donors (Lipinski definition) is 2. The maximum atomic E-state index is 12.4. The second kappa shape index (κ2) is 6.94. The van der Waals surface area contributed by atoms with Gasteiger partial charge in [-0.15, -0.1) is 4.68 Å². The van der Waals surface area contributed by atoms with Gasteiger partial charge in [0.2, 0.25) is 0 Å². The van der Waals surface area contributed by atoms with Crippen molar-refractivity contribution >= 4 is 33.0 Å². The molecule has 3 rings (SSSR count). The van der Waals surface area contributed by atoms with Crippen LogP contribution < -0.4 is 16.0 Å². The molecule has 0 fully saturated rings. The van der Waals surface area contributed by atoms with E-state index in [9.17, 15) is 14.7 Å². The lowest BCUT2D eigenvalue weighted by molar-refractivity contribution is 0.317. The van der Waals surface area contributed by atoms with Gasteiger partial charge in [0.1, 0.15) is 0 Å². The quantitative estimate of drug-likeness (QED) is 0.653. The van der Waals surface area contributed by atoms with Gasteiger partial charge in [0, 0.05) is 0 Å². The second-order valence-corrected chi connectivity index (χ2v) is 5.97. The molecule has 3 aromatic rings. The number of H-pyrrole nitrogens is 1. The van der Waals surface area contributed by atoms with Gasteiger partial charge in [0.25, 0.3) is 5.56 Å². The standard InChI is InChI=1S/C17H14BrN3O4/c1-2-25-14-8-10(7-12(18)15(14)22)9-19-21-16(23)11-5-3-4-6-13(11)20-17(21)24/h3-9,22H,2H2,1H3,(H,20,24). The summed E-state index contributed by atoms with van der Waals surface area (Å²) in [5, 5.41) is 14.3. The number of phenols is 1. The largest absolute Gasteiger partial charge is 0.503 e. The number of aromatic amines is 1. The summed E-state index contributed by atoms with van der Waals surface area (Å²) in [5.41, 5.74) is -0.149. The van der Waals surface area contributed by atoms with Crippen molar-refractivity contribution in [2.45, 2.75) is 6.92 Å². The van der Waals surface area contributed by atoms with Gasteiger partial charge in [-0.05, 0) is 52.7 Å². The fourth-order valence-electron chi connectivity index (χ4n) is 2.32. The summed E-state index contributed by atoms with van der Waals surface area (Å²) in [5.74, 6) is 0.248. The molecule has 0 radical (unpaired) electrons. The fourth-order valence-corrected chi connectivity index (χ4v) is 2.78. The summed E-state index contributed by atoms with van der Waals surface area (Å²) >= 11 is 3.23. The van der Waals surface area contributed by atoms with E-state index in [0.717, 1.165) is 4.68 Å². The van der Waals surface area contributed by atoms with Crippen LogP contribution in [0, 0.1) is 0 Å². The molecule has 0 unspecified atom stereocenters. The topological polar surface area (TPSA) is 96.7 Å². The predicted octanol–water partition coefficient (Wildman–Crippen LogP) is 2.44. The number of para-hydroxylation sites is 1. The minimum absolute atomic E-state index is 0.0280. The number of nitrogens with one attached hydrogen (secondary N) is 1. The zero-order valence-electron chi connectivity index (χ0n) is 13.2. The van der Waals surface area contributed by atoms with Crippen molar-refractivity contribution in [3.8, 4) is 11.5 Å². The molecule has 0 saturated carbocycles. The Labute approximate surface area is 150 Å². The highest BCUT2D eigenvalue weighted by molar-refractivity contribution is 9.10. The van der Waals surface area contributed by atoms with E-state index in [2.05, 4.69) is 26.0 Å². The van der Waals surface area contributed by atoms with E-state index in [1.807, 2.05) is 0 Å². The molecule has 0 amide bonds. The number of fused-ring (bicyclic) bond motifs is 1. The van der Waals surface area contributed by atoms with Crippen LogP contribution in [0.1, 0.15) is 12.5 Å². The van der Waals surface area contributed by atoms with Crippen LogP contribution in [-0.2, 0) is 0 Å². The van der Waals surface area contributed by atoms with Crippen molar-refractivity contribution in [2.24, 2.45) is 5.10 Å². The summed E-state index contributed by atoms with van der Waals surface area (Å²) in [6.07, 6.45) is 1.35. The highest BCUT2D eigenvalue weighted by Crippen LogP contribution is 2.35. The molecule has 8 heteroatoms. The number of rotatable bonds is 4. The van der Waals surface area contributed by atoms with Crippen molar-refractivity contribution in [2.75, 3.05) is 6.61 Å². The molecule has 0 spiro atoms. The average Bonchev–Trinajstić information content (AvgIpc) is 2.59. The minimum atomic E-state index is -0.636. The smallest absolute Gasteiger partial charge is 0.349 e. The van der Waals surface area contributed by atoms with E-state index in [0.29, 0.717) is 27.5 Å². The Hall–Kier alpha value is -2.87. The highest BCUT2D eigenvalue weighted by Gasteiger charge is 2.09. The number of aromatic hydroxyl groups is 1. The molecule has 7 nitrogen and oxygen atoms in total. The fraction of sp³-hybridized carbons (Fsp3) is 0.118. The lowest BCUT2D eigenvalue weighted by Gasteiger charge is -2.08. The van der Waals surface area contributed by atoms with Crippen LogP contribution in [0.25, 0.3) is 10.9 Å². The first-order chi connectivity index (χ1) is 12.0. The third-order valence-corrected chi connectivity index (χ3v) is 4.06. The van der Waals surface area contributed by atoms with Crippen molar-refractivity contribution < 1.29 is 9.84 Å². The van der Waals surface area contributed by atoms with Crippen LogP contribution in [0.15, 0.2) is 55.6 Å². The van der Waals surface area contributed by atoms with Gasteiger partial charge >= 0.3 is 5.69 Å². The van der Waals surface area contributed by atoms with Gasteiger partial charge in [-0.3, -0.25) is 4.79 Å². The van der Waals surface area contributed by atoms with Crippen LogP contribution in [0.5, 0.6) is 11.5 Å². The Morgan fingerprint density at radius 1 is 1.32 bits per heavy atom. The maximum absolute atomic E-state index is 12.4. The van der Waals surface area contributed by atoms with Crippen molar-refractivity contribution in [1.82, 2.24) is 9.66 Å². The Balaban J connectivity index is 2.07. The van der Waals surface area contributed by atoms with Crippen LogP contribution in [0.3, 0.4) is 0 Å². The van der Waals surface area contributed by atoms with Gasteiger partial charge in [-0.25, -0.2) is 4.79 Å². The molecular formula is C17H14BrN3O4. The number of benzene rings is 2. The lowest BCUT2D eigenvalue weighted by Crippen LogP contribution is -2.32. The molecule has 1 heterocycles. The molecule has 0 aliphatic carbocycles. The summed E-state index contributed by atoms with van der Waals surface area (Å²) in [6, 6.07) is 9.87. The number of nitrogens with zero attached hydrogens (tertiary/aromatic N) is 2. The SMILES string of the molecule is CCOc1cc(C=Nn2c(=O)[nH]c3ccccc3c2=O)cc(Br)c1O. The molecule has 2 N–H and O–H groups in total. The van der Waals surface area contributed by atoms with Crippen molar-refractivity contribution in [3.63, 3.8) is 0 Å². The van der Waals surface area contributed by atoms with E-state index in [4.69, 9.17) is 4.74 Å². The molecule has 25 heavy (non-hydrogen) atoms. The van der Waals surface area contributed by atoms with Crippen LogP contribution >= 0.6 is 15.9 Å². The van der Waals surface area contributed by atoms with E-state index in [1.54, 1.807) is 43.3 Å². The normalized spacial score (nSPS) is 11.3. The van der Waals surface area contributed by atoms with E-state index in [1.165, 1.54) is 6.21 Å². The van der Waals surface area contributed by atoms with Crippen molar-refractivity contribution in [1.29, 1.82) is 0 Å². The zero-order chi connectivity index (χ0) is 18.0. The zero-order valence-corrected chi connectivity index (χ0v) is 14.8.